The zero-order chi connectivity index (χ0) is 15.0. The minimum Gasteiger partial charge on any atom is -0.409 e. The van der Waals surface area contributed by atoms with Crippen LogP contribution in [0, 0.1) is 0 Å². The average Bonchev–Trinajstić information content (AvgIpc) is 2.92. The molecule has 1 aromatic carbocycles. The predicted molar refractivity (Wildman–Crippen MR) is 88.1 cm³/mol. The fraction of sp³-hybridized carbons (Fsp3) is 0.533. The topological polar surface area (TPSA) is 65.1 Å². The van der Waals surface area contributed by atoms with Gasteiger partial charge in [0.15, 0.2) is 5.84 Å². The summed E-state index contributed by atoms with van der Waals surface area (Å²) in [5.41, 5.74) is 7.68. The van der Waals surface area contributed by atoms with E-state index in [1.165, 1.54) is 19.4 Å². The molecule has 0 radical (unpaired) electrons. The summed E-state index contributed by atoms with van der Waals surface area (Å²) in [6.07, 6.45) is 2.55. The first-order valence-electron chi connectivity index (χ1n) is 7.38. The first-order valence-corrected chi connectivity index (χ1v) is 8.17. The molecule has 5 nitrogen and oxygen atoms in total. The van der Waals surface area contributed by atoms with E-state index in [0.29, 0.717) is 12.1 Å². The van der Waals surface area contributed by atoms with Crippen LogP contribution in [0.3, 0.4) is 0 Å². The number of hydrogen-bond donors (Lipinski definition) is 2. The summed E-state index contributed by atoms with van der Waals surface area (Å²) in [6, 6.07) is 6.93. The first-order chi connectivity index (χ1) is 10.1. The van der Waals surface area contributed by atoms with Crippen molar-refractivity contribution in [2.45, 2.75) is 31.8 Å². The minimum absolute atomic E-state index is 0.165. The number of nitrogens with two attached hydrogens (primary N) is 1. The van der Waals surface area contributed by atoms with Gasteiger partial charge >= 0.3 is 0 Å². The van der Waals surface area contributed by atoms with Gasteiger partial charge in [0.25, 0.3) is 0 Å². The summed E-state index contributed by atoms with van der Waals surface area (Å²) in [6.45, 7) is 5.54. The summed E-state index contributed by atoms with van der Waals surface area (Å²) >= 11 is 3.53. The van der Waals surface area contributed by atoms with Crippen molar-refractivity contribution in [1.82, 2.24) is 4.90 Å². The lowest BCUT2D eigenvalue weighted by molar-refractivity contribution is 0.203. The Morgan fingerprint density at radius 2 is 2.24 bits per heavy atom. The maximum atomic E-state index is 9.02. The van der Waals surface area contributed by atoms with E-state index in [0.717, 1.165) is 28.8 Å². The van der Waals surface area contributed by atoms with Crippen LogP contribution in [0.15, 0.2) is 27.8 Å². The van der Waals surface area contributed by atoms with Crippen LogP contribution < -0.4 is 10.6 Å². The number of halogens is 1. The molecule has 0 aliphatic carbocycles. The number of nitrogens with zero attached hydrogens (tertiary/aromatic N) is 3. The maximum Gasteiger partial charge on any atom is 0.172 e. The first kappa shape index (κ1) is 14.7. The molecule has 2 aliphatic rings. The fourth-order valence-corrected chi connectivity index (χ4v) is 3.88. The summed E-state index contributed by atoms with van der Waals surface area (Å²) in [4.78, 5) is 4.98. The molecule has 3 rings (SSSR count). The normalized spacial score (nSPS) is 27.0. The Morgan fingerprint density at radius 3 is 3.00 bits per heavy atom. The van der Waals surface area contributed by atoms with Gasteiger partial charge in [-0.3, -0.25) is 4.90 Å². The van der Waals surface area contributed by atoms with Crippen LogP contribution in [-0.2, 0) is 0 Å². The van der Waals surface area contributed by atoms with Crippen molar-refractivity contribution in [2.75, 3.05) is 24.5 Å². The standard InChI is InChI=1S/C15H21BrN4O/c1-10-8-19-6-2-3-12(19)9-20(10)14-7-11(16)4-5-13(14)15(17)18-21/h4-5,7,10,12,21H,2-3,6,8-9H2,1H3,(H2,17,18). The Hall–Kier alpha value is -1.27. The van der Waals surface area contributed by atoms with Crippen molar-refractivity contribution in [3.05, 3.63) is 28.2 Å². The zero-order valence-electron chi connectivity index (χ0n) is 12.2. The second-order valence-corrected chi connectivity index (χ2v) is 6.85. The molecule has 0 spiro atoms. The zero-order valence-corrected chi connectivity index (χ0v) is 13.8. The lowest BCUT2D eigenvalue weighted by Gasteiger charge is -2.44. The molecule has 0 aromatic heterocycles. The summed E-state index contributed by atoms with van der Waals surface area (Å²) in [5.74, 6) is 0.165. The molecule has 21 heavy (non-hydrogen) atoms. The molecule has 2 unspecified atom stereocenters. The van der Waals surface area contributed by atoms with Crippen molar-refractivity contribution < 1.29 is 5.21 Å². The minimum atomic E-state index is 0.165. The van der Waals surface area contributed by atoms with E-state index in [9.17, 15) is 0 Å². The van der Waals surface area contributed by atoms with Crippen molar-refractivity contribution in [3.63, 3.8) is 0 Å². The van der Waals surface area contributed by atoms with E-state index in [1.807, 2.05) is 12.1 Å². The van der Waals surface area contributed by atoms with Gasteiger partial charge in [0.1, 0.15) is 0 Å². The Bertz CT molecular complexity index is 563. The van der Waals surface area contributed by atoms with E-state index >= 15 is 0 Å². The molecule has 0 bridgehead atoms. The van der Waals surface area contributed by atoms with E-state index in [2.05, 4.69) is 43.9 Å². The molecule has 2 saturated heterocycles. The van der Waals surface area contributed by atoms with Crippen LogP contribution >= 0.6 is 15.9 Å². The third-order valence-electron chi connectivity index (χ3n) is 4.59. The predicted octanol–water partition coefficient (Wildman–Crippen LogP) is 2.22. The number of benzene rings is 1. The quantitative estimate of drug-likeness (QED) is 0.370. The molecule has 2 heterocycles. The number of fused-ring (bicyclic) bond motifs is 1. The summed E-state index contributed by atoms with van der Waals surface area (Å²) in [5, 5.41) is 12.2. The Balaban J connectivity index is 1.97. The van der Waals surface area contributed by atoms with Crippen LogP contribution in [0.1, 0.15) is 25.3 Å². The van der Waals surface area contributed by atoms with Gasteiger partial charge in [-0.1, -0.05) is 21.1 Å². The highest BCUT2D eigenvalue weighted by Gasteiger charge is 2.35. The van der Waals surface area contributed by atoms with Crippen LogP contribution in [0.25, 0.3) is 0 Å². The van der Waals surface area contributed by atoms with Gasteiger partial charge in [-0.25, -0.2) is 0 Å². The molecular weight excluding hydrogens is 332 g/mol. The van der Waals surface area contributed by atoms with Gasteiger partial charge in [0.05, 0.1) is 0 Å². The molecular formula is C15H21BrN4O. The van der Waals surface area contributed by atoms with E-state index < -0.39 is 0 Å². The number of oxime groups is 1. The van der Waals surface area contributed by atoms with Crippen LogP contribution in [-0.4, -0.2) is 47.7 Å². The Labute approximate surface area is 133 Å². The van der Waals surface area contributed by atoms with Gasteiger partial charge in [-0.2, -0.15) is 0 Å². The second kappa shape index (κ2) is 5.85. The average molecular weight is 353 g/mol. The lowest BCUT2D eigenvalue weighted by Crippen LogP contribution is -2.55. The van der Waals surface area contributed by atoms with Crippen molar-refractivity contribution in [2.24, 2.45) is 10.9 Å². The van der Waals surface area contributed by atoms with E-state index in [4.69, 9.17) is 10.9 Å². The molecule has 0 saturated carbocycles. The van der Waals surface area contributed by atoms with Gasteiger partial charge < -0.3 is 15.8 Å². The third-order valence-corrected chi connectivity index (χ3v) is 5.08. The van der Waals surface area contributed by atoms with Gasteiger partial charge in [-0.15, -0.1) is 0 Å². The smallest absolute Gasteiger partial charge is 0.172 e. The largest absolute Gasteiger partial charge is 0.409 e. The summed E-state index contributed by atoms with van der Waals surface area (Å²) < 4.78 is 1.01. The molecule has 0 amide bonds. The maximum absolute atomic E-state index is 9.02. The van der Waals surface area contributed by atoms with Gasteiger partial charge in [0.2, 0.25) is 0 Å². The Kier molecular flexibility index (Phi) is 4.08. The molecule has 1 aromatic rings. The Morgan fingerprint density at radius 1 is 1.43 bits per heavy atom. The van der Waals surface area contributed by atoms with Gasteiger partial charge in [-0.05, 0) is 44.5 Å². The molecule has 2 atom stereocenters. The van der Waals surface area contributed by atoms with Crippen molar-refractivity contribution in [1.29, 1.82) is 0 Å². The van der Waals surface area contributed by atoms with E-state index in [1.54, 1.807) is 0 Å². The number of rotatable bonds is 2. The number of piperazine rings is 1. The number of anilines is 1. The molecule has 3 N–H and O–H groups in total. The molecule has 114 valence electrons. The highest BCUT2D eigenvalue weighted by Crippen LogP contribution is 2.32. The molecule has 6 heteroatoms. The second-order valence-electron chi connectivity index (χ2n) is 5.94. The number of amidine groups is 1. The molecule has 2 fully saturated rings. The van der Waals surface area contributed by atoms with Gasteiger partial charge in [0, 0.05) is 40.9 Å². The van der Waals surface area contributed by atoms with Crippen LogP contribution in [0.5, 0.6) is 0 Å². The summed E-state index contributed by atoms with van der Waals surface area (Å²) in [7, 11) is 0. The lowest BCUT2D eigenvalue weighted by atomic mass is 10.0. The van der Waals surface area contributed by atoms with Crippen molar-refractivity contribution in [3.8, 4) is 0 Å². The SMILES string of the molecule is CC1CN2CCCC2CN1c1cc(Br)ccc1/C(N)=N/O. The highest BCUT2D eigenvalue weighted by atomic mass is 79.9. The van der Waals surface area contributed by atoms with E-state index in [-0.39, 0.29) is 5.84 Å². The highest BCUT2D eigenvalue weighted by molar-refractivity contribution is 9.10. The third kappa shape index (κ3) is 2.74. The fourth-order valence-electron chi connectivity index (χ4n) is 3.54. The number of hydrogen-bond acceptors (Lipinski definition) is 4. The van der Waals surface area contributed by atoms with Crippen LogP contribution in [0.2, 0.25) is 0 Å². The molecule has 2 aliphatic heterocycles. The monoisotopic (exact) mass is 352 g/mol. The van der Waals surface area contributed by atoms with Crippen molar-refractivity contribution >= 4 is 27.5 Å². The van der Waals surface area contributed by atoms with Crippen LogP contribution in [0.4, 0.5) is 5.69 Å².